The van der Waals surface area contributed by atoms with E-state index < -0.39 is 51.2 Å². The van der Waals surface area contributed by atoms with E-state index in [0.717, 1.165) is 25.7 Å². The van der Waals surface area contributed by atoms with Crippen molar-refractivity contribution in [3.05, 3.63) is 17.3 Å². The third kappa shape index (κ3) is 5.95. The van der Waals surface area contributed by atoms with Gasteiger partial charge >= 0.3 is 7.60 Å². The number of nitrogens with one attached hydrogen (secondary N) is 2. The van der Waals surface area contributed by atoms with Crippen LogP contribution in [0.4, 0.5) is 5.82 Å². The Bertz CT molecular complexity index is 1270. The van der Waals surface area contributed by atoms with Crippen LogP contribution in [0.3, 0.4) is 0 Å². The summed E-state index contributed by atoms with van der Waals surface area (Å²) < 4.78 is 29.6. The number of halogens is 1. The minimum Gasteiger partial charge on any atom is -0.387 e. The lowest BCUT2D eigenvalue weighted by molar-refractivity contribution is -0.0857. The topological polar surface area (TPSA) is 236 Å². The summed E-state index contributed by atoms with van der Waals surface area (Å²) in [5.41, 5.74) is 0.284. The van der Waals surface area contributed by atoms with E-state index in [2.05, 4.69) is 41.0 Å². The summed E-state index contributed by atoms with van der Waals surface area (Å²) in [6.45, 7) is -1.11. The summed E-state index contributed by atoms with van der Waals surface area (Å²) >= 11 is 6.17. The predicted octanol–water partition coefficient (Wildman–Crippen LogP) is -0.296. The minimum absolute atomic E-state index is 0.0297. The zero-order valence-electron chi connectivity index (χ0n) is 19.9. The average molecular weight is 576 g/mol. The first-order valence-corrected chi connectivity index (χ1v) is 13.9. The fourth-order valence-electron chi connectivity index (χ4n) is 4.47. The molecule has 3 aromatic rings. The standard InChI is InChI=1S/C19H27ClN9O8P/c20-19-23-16(22-9-3-1-2-4-9)10-5-21-29(17(10)24-19)18-15(31)14(30)11(37-18)6-36-13(38(32,33)34)8-35-7-12-25-27-28-26-12/h5,9,11,13-15,18,30-31H,1-4,6-8H2,(H,22,23,24)(H2,32,33,34)(H,25,26,27,28)/t11-,13+,14-,15-,18-/m1/s1. The number of anilines is 1. The van der Waals surface area contributed by atoms with Crippen molar-refractivity contribution in [2.24, 2.45) is 0 Å². The SMILES string of the molecule is O=P(O)(O)[C@@H](COCc1nn[nH]n1)OC[C@H]1O[C@@H](n2ncc3c(NC4CCCC4)nc(Cl)nc32)[C@H](O)[C@@H]1O. The molecule has 2 fully saturated rings. The molecule has 0 amide bonds. The lowest BCUT2D eigenvalue weighted by atomic mass is 10.1. The van der Waals surface area contributed by atoms with Gasteiger partial charge < -0.3 is 39.5 Å². The number of aliphatic hydroxyl groups excluding tert-OH is 2. The molecule has 1 saturated carbocycles. The third-order valence-corrected chi connectivity index (χ3v) is 7.63. The van der Waals surface area contributed by atoms with E-state index in [0.29, 0.717) is 11.2 Å². The summed E-state index contributed by atoms with van der Waals surface area (Å²) in [5, 5.41) is 42.4. The second-order valence-corrected chi connectivity index (χ2v) is 11.2. The van der Waals surface area contributed by atoms with Gasteiger partial charge in [-0.05, 0) is 24.4 Å². The number of aromatic nitrogens is 8. The number of ether oxygens (including phenoxy) is 3. The molecule has 1 saturated heterocycles. The van der Waals surface area contributed by atoms with Gasteiger partial charge in [0.05, 0.1) is 24.8 Å². The second-order valence-electron chi connectivity index (χ2n) is 9.06. The van der Waals surface area contributed by atoms with Gasteiger partial charge in [-0.2, -0.15) is 20.3 Å². The summed E-state index contributed by atoms with van der Waals surface area (Å²) in [7, 11) is -4.76. The zero-order valence-corrected chi connectivity index (χ0v) is 21.5. The van der Waals surface area contributed by atoms with E-state index in [-0.39, 0.29) is 29.4 Å². The number of aliphatic hydroxyl groups is 2. The number of hydrogen-bond acceptors (Lipinski definition) is 13. The molecule has 38 heavy (non-hydrogen) atoms. The number of tetrazole rings is 1. The molecule has 1 aliphatic carbocycles. The molecule has 5 atom stereocenters. The number of nitrogens with zero attached hydrogens (tertiary/aromatic N) is 7. The van der Waals surface area contributed by atoms with Crippen LogP contribution in [0.15, 0.2) is 6.20 Å². The molecule has 19 heteroatoms. The lowest BCUT2D eigenvalue weighted by Crippen LogP contribution is -2.35. The number of hydrogen-bond donors (Lipinski definition) is 6. The van der Waals surface area contributed by atoms with Crippen LogP contribution in [0.25, 0.3) is 11.0 Å². The molecule has 1 aliphatic heterocycles. The smallest absolute Gasteiger partial charge is 0.356 e. The molecule has 208 valence electrons. The van der Waals surface area contributed by atoms with Gasteiger partial charge in [-0.1, -0.05) is 18.1 Å². The van der Waals surface area contributed by atoms with Crippen molar-refractivity contribution in [1.29, 1.82) is 0 Å². The summed E-state index contributed by atoms with van der Waals surface area (Å²) in [5.74, 6) is -0.967. The number of aromatic amines is 1. The molecular weight excluding hydrogens is 549 g/mol. The molecule has 2 aliphatic rings. The van der Waals surface area contributed by atoms with Gasteiger partial charge in [0.25, 0.3) is 0 Å². The summed E-state index contributed by atoms with van der Waals surface area (Å²) in [6, 6.07) is 0.252. The van der Waals surface area contributed by atoms with Crippen molar-refractivity contribution < 1.29 is 38.8 Å². The molecule has 0 radical (unpaired) electrons. The predicted molar refractivity (Wildman–Crippen MR) is 128 cm³/mol. The van der Waals surface area contributed by atoms with Crippen molar-refractivity contribution in [1.82, 2.24) is 40.4 Å². The van der Waals surface area contributed by atoms with Gasteiger partial charge in [-0.15, -0.1) is 10.2 Å². The van der Waals surface area contributed by atoms with Gasteiger partial charge in [0.15, 0.2) is 23.5 Å². The van der Waals surface area contributed by atoms with Gasteiger partial charge in [0.2, 0.25) is 5.28 Å². The van der Waals surface area contributed by atoms with E-state index in [1.54, 1.807) is 0 Å². The van der Waals surface area contributed by atoms with Crippen LogP contribution in [-0.4, -0.2) is 104 Å². The fraction of sp³-hybridized carbons (Fsp3) is 0.684. The first kappa shape index (κ1) is 27.2. The van der Waals surface area contributed by atoms with Crippen LogP contribution >= 0.6 is 19.2 Å². The average Bonchev–Trinajstić information content (AvgIpc) is 3.66. The first-order valence-electron chi connectivity index (χ1n) is 11.9. The van der Waals surface area contributed by atoms with Crippen LogP contribution in [0.1, 0.15) is 37.7 Å². The summed E-state index contributed by atoms with van der Waals surface area (Å²) in [6.07, 6.45) is 0.547. The Morgan fingerprint density at radius 1 is 1.26 bits per heavy atom. The Morgan fingerprint density at radius 3 is 2.76 bits per heavy atom. The Morgan fingerprint density at radius 2 is 2.05 bits per heavy atom. The minimum atomic E-state index is -4.76. The third-order valence-electron chi connectivity index (χ3n) is 6.41. The Balaban J connectivity index is 1.26. The van der Waals surface area contributed by atoms with E-state index in [9.17, 15) is 24.6 Å². The lowest BCUT2D eigenvalue weighted by Gasteiger charge is -2.22. The maximum atomic E-state index is 11.9. The molecule has 5 rings (SSSR count). The van der Waals surface area contributed by atoms with E-state index in [1.807, 2.05) is 0 Å². The van der Waals surface area contributed by atoms with Gasteiger partial charge in [0.1, 0.15) is 30.7 Å². The van der Waals surface area contributed by atoms with Crippen LogP contribution in [-0.2, 0) is 25.4 Å². The molecule has 0 aromatic carbocycles. The fourth-order valence-corrected chi connectivity index (χ4v) is 5.22. The molecule has 17 nitrogen and oxygen atoms in total. The largest absolute Gasteiger partial charge is 0.387 e. The quantitative estimate of drug-likeness (QED) is 0.127. The van der Waals surface area contributed by atoms with Crippen LogP contribution in [0.5, 0.6) is 0 Å². The molecule has 3 aromatic heterocycles. The number of rotatable bonds is 11. The Kier molecular flexibility index (Phi) is 8.18. The Labute approximate surface area is 220 Å². The monoisotopic (exact) mass is 575 g/mol. The van der Waals surface area contributed by atoms with E-state index in [1.165, 1.54) is 10.9 Å². The van der Waals surface area contributed by atoms with Crippen molar-refractivity contribution in [3.63, 3.8) is 0 Å². The maximum absolute atomic E-state index is 11.9. The summed E-state index contributed by atoms with van der Waals surface area (Å²) in [4.78, 5) is 27.8. The number of fused-ring (bicyclic) bond motifs is 1. The van der Waals surface area contributed by atoms with Crippen molar-refractivity contribution >= 4 is 36.0 Å². The number of H-pyrrole nitrogens is 1. The van der Waals surface area contributed by atoms with Crippen LogP contribution < -0.4 is 5.32 Å². The van der Waals surface area contributed by atoms with Gasteiger partial charge in [-0.25, -0.2) is 4.68 Å². The zero-order chi connectivity index (χ0) is 26.9. The van der Waals surface area contributed by atoms with Crippen molar-refractivity contribution in [2.45, 2.75) is 68.7 Å². The second kappa shape index (κ2) is 11.4. The van der Waals surface area contributed by atoms with Crippen molar-refractivity contribution in [3.8, 4) is 0 Å². The highest BCUT2D eigenvalue weighted by atomic mass is 35.5. The van der Waals surface area contributed by atoms with Crippen LogP contribution in [0, 0.1) is 0 Å². The molecule has 0 bridgehead atoms. The highest BCUT2D eigenvalue weighted by Crippen LogP contribution is 2.43. The molecule has 0 spiro atoms. The maximum Gasteiger partial charge on any atom is 0.356 e. The molecular formula is C19H27ClN9O8P. The van der Waals surface area contributed by atoms with Gasteiger partial charge in [0, 0.05) is 6.04 Å². The van der Waals surface area contributed by atoms with Gasteiger partial charge in [-0.3, -0.25) is 4.57 Å². The van der Waals surface area contributed by atoms with E-state index >= 15 is 0 Å². The van der Waals surface area contributed by atoms with Crippen molar-refractivity contribution in [2.75, 3.05) is 18.5 Å². The first-order chi connectivity index (χ1) is 18.2. The van der Waals surface area contributed by atoms with Crippen LogP contribution in [0.2, 0.25) is 5.28 Å². The highest BCUT2D eigenvalue weighted by Gasteiger charge is 2.46. The molecule has 0 unspecified atom stereocenters. The molecule has 4 heterocycles. The normalized spacial score (nSPS) is 25.4. The van der Waals surface area contributed by atoms with E-state index in [4.69, 9.17) is 25.8 Å². The Hall–Kier alpha value is -2.34. The molecule has 6 N–H and O–H groups in total. The highest BCUT2D eigenvalue weighted by molar-refractivity contribution is 7.52.